The maximum Gasteiger partial charge on any atom is 0.0234 e. The molecule has 0 bridgehead atoms. The fourth-order valence-electron chi connectivity index (χ4n) is 11.2. The zero-order valence-corrected chi connectivity index (χ0v) is 47.6. The second-order valence-corrected chi connectivity index (χ2v) is 22.1. The second-order valence-electron chi connectivity index (χ2n) is 22.1. The topological polar surface area (TPSA) is 25.9 Å². The molecule has 8 aromatic carbocycles. The molecule has 8 aromatic rings. The molecular weight excluding hydrogens is 977 g/mol. The van der Waals surface area contributed by atoms with Gasteiger partial charge < -0.3 is 0 Å². The zero-order valence-electron chi connectivity index (χ0n) is 47.6. The van der Waals surface area contributed by atoms with E-state index < -0.39 is 0 Å². The van der Waals surface area contributed by atoms with E-state index in [1.165, 1.54) is 44.5 Å². The summed E-state index contributed by atoms with van der Waals surface area (Å²) in [6.07, 6.45) is 0. The van der Waals surface area contributed by atoms with E-state index in [2.05, 4.69) is 282 Å². The molecule has 8 heteroatoms. The summed E-state index contributed by atoms with van der Waals surface area (Å²) in [5.74, 6) is 0. The molecule has 416 valence electrons. The van der Waals surface area contributed by atoms with Crippen LogP contribution in [0.1, 0.15) is 44.5 Å². The van der Waals surface area contributed by atoms with Gasteiger partial charge in [0, 0.05) is 157 Å². The normalized spacial score (nSPS) is 17.2. The highest BCUT2D eigenvalue weighted by atomic mass is 15.3. The van der Waals surface area contributed by atoms with Crippen molar-refractivity contribution in [1.29, 1.82) is 0 Å². The summed E-state index contributed by atoms with van der Waals surface area (Å²) in [6, 6.07) is 89.3. The largest absolute Gasteiger partial charge is 0.297 e. The molecule has 0 N–H and O–H groups in total. The molecule has 9 rings (SSSR count). The van der Waals surface area contributed by atoms with Crippen molar-refractivity contribution >= 4 is 0 Å². The lowest BCUT2D eigenvalue weighted by atomic mass is 10.1. The van der Waals surface area contributed by atoms with E-state index in [9.17, 15) is 0 Å². The van der Waals surface area contributed by atoms with Gasteiger partial charge in [-0.05, 0) is 44.5 Å². The SMILES string of the molecule is c1ccc(CN2CCN(Cc3ccccc3)CCN(Cc3ccccc3)CCN(Cc3ccccc3)CCN(Cc3ccccc3)CCN(Cc3ccccc3)CCN(Cc3ccccc3)CCN(Cc3ccccc3)CC2)cc1. The van der Waals surface area contributed by atoms with Gasteiger partial charge in [0.05, 0.1) is 0 Å². The molecule has 1 aliphatic heterocycles. The number of hydrogen-bond donors (Lipinski definition) is 0. The minimum atomic E-state index is 0.927. The van der Waals surface area contributed by atoms with Gasteiger partial charge in [-0.2, -0.15) is 0 Å². The van der Waals surface area contributed by atoms with Gasteiger partial charge in [0.15, 0.2) is 0 Å². The molecule has 0 amide bonds. The van der Waals surface area contributed by atoms with Gasteiger partial charge in [0.2, 0.25) is 0 Å². The minimum absolute atomic E-state index is 0.927. The molecule has 1 heterocycles. The number of nitrogens with zero attached hydrogens (tertiary/aromatic N) is 8. The van der Waals surface area contributed by atoms with Gasteiger partial charge >= 0.3 is 0 Å². The Balaban J connectivity index is 1.04. The van der Waals surface area contributed by atoms with Crippen LogP contribution in [0.4, 0.5) is 0 Å². The molecule has 0 aromatic heterocycles. The summed E-state index contributed by atoms with van der Waals surface area (Å²) in [4.78, 5) is 21.9. The number of rotatable bonds is 16. The van der Waals surface area contributed by atoms with E-state index >= 15 is 0 Å². The monoisotopic (exact) mass is 1060 g/mol. The Morgan fingerprint density at radius 1 is 0.138 bits per heavy atom. The highest BCUT2D eigenvalue weighted by Gasteiger charge is 2.20. The first-order valence-corrected chi connectivity index (χ1v) is 29.7. The molecule has 80 heavy (non-hydrogen) atoms. The standard InChI is InChI=1S/C72H88N8/c1-9-25-65(26-10-1)57-73-41-43-74(58-66-27-11-2-12-28-66)45-47-76(60-68-31-15-4-16-32-68)49-51-78(62-70-35-19-6-20-36-70)53-55-80(64-72-39-23-8-24-40-72)56-54-79(63-71-37-21-7-22-38-71)52-50-77(61-69-33-17-5-18-34-69)48-46-75(44-42-73)59-67-29-13-3-14-30-67/h1-40H,41-64H2. The summed E-state index contributed by atoms with van der Waals surface area (Å²) in [6.45, 7) is 23.2. The molecule has 0 spiro atoms. The first-order chi connectivity index (χ1) is 39.6. The molecular formula is C72H88N8. The first kappa shape index (κ1) is 58.1. The van der Waals surface area contributed by atoms with E-state index in [1.54, 1.807) is 0 Å². The van der Waals surface area contributed by atoms with Crippen LogP contribution in [-0.4, -0.2) is 144 Å². The third-order valence-corrected chi connectivity index (χ3v) is 15.9. The fraction of sp³-hybridized carbons (Fsp3) is 0.333. The minimum Gasteiger partial charge on any atom is -0.297 e. The van der Waals surface area contributed by atoms with Crippen molar-refractivity contribution in [1.82, 2.24) is 39.2 Å². The number of hydrogen-bond acceptors (Lipinski definition) is 8. The van der Waals surface area contributed by atoms with Crippen LogP contribution in [0.25, 0.3) is 0 Å². The zero-order chi connectivity index (χ0) is 54.5. The van der Waals surface area contributed by atoms with Crippen molar-refractivity contribution in [2.45, 2.75) is 52.4 Å². The van der Waals surface area contributed by atoms with Gasteiger partial charge in [-0.15, -0.1) is 0 Å². The van der Waals surface area contributed by atoms with E-state index in [0.29, 0.717) is 0 Å². The van der Waals surface area contributed by atoms with Crippen molar-refractivity contribution in [3.05, 3.63) is 287 Å². The summed E-state index contributed by atoms with van der Waals surface area (Å²) < 4.78 is 0. The van der Waals surface area contributed by atoms with Crippen LogP contribution in [-0.2, 0) is 52.4 Å². The smallest absolute Gasteiger partial charge is 0.0234 e. The van der Waals surface area contributed by atoms with Crippen LogP contribution in [0, 0.1) is 0 Å². The third kappa shape index (κ3) is 21.2. The lowest BCUT2D eigenvalue weighted by molar-refractivity contribution is 0.122. The highest BCUT2D eigenvalue weighted by molar-refractivity contribution is 5.20. The average Bonchev–Trinajstić information content (AvgIpc) is 3.51. The van der Waals surface area contributed by atoms with Crippen LogP contribution < -0.4 is 0 Å². The molecule has 0 saturated carbocycles. The van der Waals surface area contributed by atoms with E-state index in [0.717, 1.165) is 157 Å². The number of benzene rings is 8. The first-order valence-electron chi connectivity index (χ1n) is 29.7. The average molecular weight is 1070 g/mol. The Morgan fingerprint density at radius 2 is 0.225 bits per heavy atom. The lowest BCUT2D eigenvalue weighted by Gasteiger charge is -2.34. The van der Waals surface area contributed by atoms with Crippen LogP contribution in [0.2, 0.25) is 0 Å². The van der Waals surface area contributed by atoms with Gasteiger partial charge in [0.25, 0.3) is 0 Å². The van der Waals surface area contributed by atoms with Gasteiger partial charge in [-0.3, -0.25) is 39.2 Å². The Hall–Kier alpha value is -6.56. The Bertz CT molecular complexity index is 2200. The van der Waals surface area contributed by atoms with Crippen LogP contribution in [0.15, 0.2) is 243 Å². The second kappa shape index (κ2) is 33.3. The van der Waals surface area contributed by atoms with E-state index in [-0.39, 0.29) is 0 Å². The molecule has 0 radical (unpaired) electrons. The van der Waals surface area contributed by atoms with Crippen molar-refractivity contribution in [3.63, 3.8) is 0 Å². The summed E-state index contributed by atoms with van der Waals surface area (Å²) in [7, 11) is 0. The summed E-state index contributed by atoms with van der Waals surface area (Å²) >= 11 is 0. The molecule has 0 unspecified atom stereocenters. The van der Waals surface area contributed by atoms with Gasteiger partial charge in [0.1, 0.15) is 0 Å². The van der Waals surface area contributed by atoms with Crippen LogP contribution in [0.3, 0.4) is 0 Å². The predicted octanol–water partition coefficient (Wildman–Crippen LogP) is 12.0. The maximum absolute atomic E-state index is 2.73. The predicted molar refractivity (Wildman–Crippen MR) is 334 cm³/mol. The fourth-order valence-corrected chi connectivity index (χ4v) is 11.2. The molecule has 8 nitrogen and oxygen atoms in total. The molecule has 0 atom stereocenters. The molecule has 1 aliphatic rings. The van der Waals surface area contributed by atoms with Crippen molar-refractivity contribution in [2.24, 2.45) is 0 Å². The van der Waals surface area contributed by atoms with Crippen molar-refractivity contribution in [3.8, 4) is 0 Å². The lowest BCUT2D eigenvalue weighted by Crippen LogP contribution is -2.45. The maximum atomic E-state index is 2.73. The third-order valence-electron chi connectivity index (χ3n) is 15.9. The molecule has 1 saturated heterocycles. The van der Waals surface area contributed by atoms with Crippen LogP contribution >= 0.6 is 0 Å². The van der Waals surface area contributed by atoms with Crippen molar-refractivity contribution in [2.75, 3.05) is 105 Å². The Morgan fingerprint density at radius 3 is 0.312 bits per heavy atom. The Labute approximate surface area is 481 Å². The van der Waals surface area contributed by atoms with E-state index in [4.69, 9.17) is 0 Å². The summed E-state index contributed by atoms with van der Waals surface area (Å²) in [5.41, 5.74) is 11.0. The Kier molecular flexibility index (Phi) is 24.2. The van der Waals surface area contributed by atoms with Gasteiger partial charge in [-0.25, -0.2) is 0 Å². The van der Waals surface area contributed by atoms with Crippen LogP contribution in [0.5, 0.6) is 0 Å². The van der Waals surface area contributed by atoms with E-state index in [1.807, 2.05) is 0 Å². The van der Waals surface area contributed by atoms with Crippen molar-refractivity contribution < 1.29 is 0 Å². The molecule has 0 aliphatic carbocycles. The quantitative estimate of drug-likeness (QED) is 0.0944. The summed E-state index contributed by atoms with van der Waals surface area (Å²) in [5, 5.41) is 0. The van der Waals surface area contributed by atoms with Gasteiger partial charge in [-0.1, -0.05) is 243 Å². The molecule has 1 fully saturated rings. The highest BCUT2D eigenvalue weighted by Crippen LogP contribution is 2.16.